The Labute approximate surface area is 127 Å². The van der Waals surface area contributed by atoms with Crippen LogP contribution in [0.15, 0.2) is 0 Å². The minimum atomic E-state index is 0.0656. The summed E-state index contributed by atoms with van der Waals surface area (Å²) in [4.78, 5) is 27.8. The molecule has 21 heavy (non-hydrogen) atoms. The summed E-state index contributed by atoms with van der Waals surface area (Å²) in [6.07, 6.45) is 2.61. The number of carbonyl (C=O) groups excluding carboxylic acids is 2. The van der Waals surface area contributed by atoms with E-state index >= 15 is 0 Å². The van der Waals surface area contributed by atoms with Crippen molar-refractivity contribution in [2.24, 2.45) is 5.92 Å². The van der Waals surface area contributed by atoms with Gasteiger partial charge >= 0.3 is 0 Å². The van der Waals surface area contributed by atoms with Crippen LogP contribution in [0.25, 0.3) is 0 Å². The maximum atomic E-state index is 12.0. The average Bonchev–Trinajstić information content (AvgIpc) is 3.22. The van der Waals surface area contributed by atoms with E-state index in [9.17, 15) is 9.59 Å². The molecule has 2 fully saturated rings. The Morgan fingerprint density at radius 1 is 1.14 bits per heavy atom. The van der Waals surface area contributed by atoms with E-state index in [0.717, 1.165) is 38.6 Å². The normalized spacial score (nSPS) is 19.9. The van der Waals surface area contributed by atoms with E-state index in [1.807, 2.05) is 18.7 Å². The summed E-state index contributed by atoms with van der Waals surface area (Å²) in [5, 5.41) is 6.14. The number of hydrogen-bond donors (Lipinski definition) is 2. The summed E-state index contributed by atoms with van der Waals surface area (Å²) >= 11 is 0. The third-order valence-electron chi connectivity index (χ3n) is 3.95. The highest BCUT2D eigenvalue weighted by atomic mass is 16.2. The maximum absolute atomic E-state index is 12.0. The molecule has 2 N–H and O–H groups in total. The molecule has 0 aromatic rings. The van der Waals surface area contributed by atoms with Crippen LogP contribution in [-0.4, -0.2) is 73.5 Å². The molecular weight excluding hydrogens is 268 g/mol. The van der Waals surface area contributed by atoms with Crippen LogP contribution in [0.3, 0.4) is 0 Å². The number of hydrogen-bond acceptors (Lipinski definition) is 4. The van der Waals surface area contributed by atoms with E-state index in [1.165, 1.54) is 12.8 Å². The second-order valence-corrected chi connectivity index (χ2v) is 6.45. The fraction of sp³-hybridized carbons (Fsp3) is 0.867. The van der Waals surface area contributed by atoms with Crippen LogP contribution in [0.5, 0.6) is 0 Å². The average molecular weight is 296 g/mol. The summed E-state index contributed by atoms with van der Waals surface area (Å²) in [5.74, 6) is 1.05. The number of nitrogens with one attached hydrogen (secondary N) is 2. The molecule has 0 radical (unpaired) electrons. The zero-order valence-corrected chi connectivity index (χ0v) is 13.2. The van der Waals surface area contributed by atoms with Crippen molar-refractivity contribution in [2.45, 2.75) is 32.7 Å². The lowest BCUT2D eigenvalue weighted by molar-refractivity contribution is -0.132. The van der Waals surface area contributed by atoms with Crippen molar-refractivity contribution < 1.29 is 9.59 Å². The molecule has 0 aromatic heterocycles. The number of piperazine rings is 1. The van der Waals surface area contributed by atoms with Crippen LogP contribution >= 0.6 is 0 Å². The largest absolute Gasteiger partial charge is 0.353 e. The molecule has 1 aliphatic carbocycles. The zero-order chi connectivity index (χ0) is 15.2. The molecule has 1 heterocycles. The van der Waals surface area contributed by atoms with Crippen LogP contribution in [0.4, 0.5) is 0 Å². The Hall–Kier alpha value is -1.14. The molecule has 0 unspecified atom stereocenters. The highest BCUT2D eigenvalue weighted by Gasteiger charge is 2.24. The Morgan fingerprint density at radius 3 is 2.38 bits per heavy atom. The monoisotopic (exact) mass is 296 g/mol. The third kappa shape index (κ3) is 6.01. The highest BCUT2D eigenvalue weighted by Crippen LogP contribution is 2.27. The first-order valence-corrected chi connectivity index (χ1v) is 8.05. The van der Waals surface area contributed by atoms with Gasteiger partial charge in [0.25, 0.3) is 0 Å². The Bertz CT molecular complexity index is 361. The van der Waals surface area contributed by atoms with Crippen molar-refractivity contribution in [3.05, 3.63) is 0 Å². The van der Waals surface area contributed by atoms with Crippen LogP contribution < -0.4 is 10.6 Å². The van der Waals surface area contributed by atoms with Crippen molar-refractivity contribution in [1.29, 1.82) is 0 Å². The summed E-state index contributed by atoms with van der Waals surface area (Å²) < 4.78 is 0. The quantitative estimate of drug-likeness (QED) is 0.674. The summed E-state index contributed by atoms with van der Waals surface area (Å²) in [5.41, 5.74) is 0. The van der Waals surface area contributed by atoms with E-state index in [4.69, 9.17) is 0 Å². The van der Waals surface area contributed by atoms with Crippen molar-refractivity contribution in [3.8, 4) is 0 Å². The Kier molecular flexibility index (Phi) is 5.99. The predicted octanol–water partition coefficient (Wildman–Crippen LogP) is -0.345. The van der Waals surface area contributed by atoms with Gasteiger partial charge in [-0.1, -0.05) is 0 Å². The molecule has 120 valence electrons. The molecule has 0 atom stereocenters. The second-order valence-electron chi connectivity index (χ2n) is 6.45. The van der Waals surface area contributed by atoms with Gasteiger partial charge in [0.05, 0.1) is 13.1 Å². The van der Waals surface area contributed by atoms with Crippen molar-refractivity contribution >= 4 is 11.8 Å². The molecule has 1 saturated heterocycles. The summed E-state index contributed by atoms with van der Waals surface area (Å²) in [6.45, 7) is 8.77. The molecule has 1 aliphatic heterocycles. The molecule has 2 aliphatic rings. The molecule has 6 heteroatoms. The smallest absolute Gasteiger partial charge is 0.236 e. The zero-order valence-electron chi connectivity index (χ0n) is 13.2. The van der Waals surface area contributed by atoms with Crippen LogP contribution in [0.2, 0.25) is 0 Å². The number of rotatable bonds is 7. The van der Waals surface area contributed by atoms with E-state index in [1.54, 1.807) is 0 Å². The standard InChI is InChI=1S/C15H28N4O2/c1-12(2)17-14(20)11-18-5-7-19(8-6-18)15(21)10-16-9-13-3-4-13/h12-13,16H,3-11H2,1-2H3,(H,17,20). The lowest BCUT2D eigenvalue weighted by atomic mass is 10.3. The van der Waals surface area contributed by atoms with Gasteiger partial charge in [0, 0.05) is 32.2 Å². The number of amides is 2. The van der Waals surface area contributed by atoms with Gasteiger partial charge in [-0.05, 0) is 39.2 Å². The van der Waals surface area contributed by atoms with Crippen molar-refractivity contribution in [1.82, 2.24) is 20.4 Å². The molecule has 0 bridgehead atoms. The van der Waals surface area contributed by atoms with Crippen molar-refractivity contribution in [2.75, 3.05) is 45.8 Å². The molecular formula is C15H28N4O2. The van der Waals surface area contributed by atoms with Crippen molar-refractivity contribution in [3.63, 3.8) is 0 Å². The minimum Gasteiger partial charge on any atom is -0.353 e. The van der Waals surface area contributed by atoms with Gasteiger partial charge in [-0.15, -0.1) is 0 Å². The van der Waals surface area contributed by atoms with Gasteiger partial charge in [0.2, 0.25) is 11.8 Å². The van der Waals surface area contributed by atoms with Crippen LogP contribution in [-0.2, 0) is 9.59 Å². The molecule has 0 spiro atoms. The van der Waals surface area contributed by atoms with E-state index in [2.05, 4.69) is 15.5 Å². The molecule has 2 rings (SSSR count). The van der Waals surface area contributed by atoms with Crippen LogP contribution in [0, 0.1) is 5.92 Å². The molecule has 0 aromatic carbocycles. The highest BCUT2D eigenvalue weighted by molar-refractivity contribution is 5.79. The topological polar surface area (TPSA) is 64.7 Å². The molecule has 2 amide bonds. The molecule has 6 nitrogen and oxygen atoms in total. The number of nitrogens with zero attached hydrogens (tertiary/aromatic N) is 2. The van der Waals surface area contributed by atoms with Gasteiger partial charge in [-0.3, -0.25) is 14.5 Å². The summed E-state index contributed by atoms with van der Waals surface area (Å²) in [6, 6.07) is 0.179. The second kappa shape index (κ2) is 7.75. The fourth-order valence-electron chi connectivity index (χ4n) is 2.54. The number of carbonyl (C=O) groups is 2. The SMILES string of the molecule is CC(C)NC(=O)CN1CCN(C(=O)CNCC2CC2)CC1. The van der Waals surface area contributed by atoms with Gasteiger partial charge < -0.3 is 15.5 Å². The lowest BCUT2D eigenvalue weighted by Gasteiger charge is -2.34. The summed E-state index contributed by atoms with van der Waals surface area (Å²) in [7, 11) is 0. The maximum Gasteiger partial charge on any atom is 0.236 e. The minimum absolute atomic E-state index is 0.0656. The van der Waals surface area contributed by atoms with E-state index in [0.29, 0.717) is 13.1 Å². The van der Waals surface area contributed by atoms with Gasteiger partial charge in [-0.2, -0.15) is 0 Å². The predicted molar refractivity (Wildman–Crippen MR) is 81.9 cm³/mol. The first kappa shape index (κ1) is 16.2. The third-order valence-corrected chi connectivity index (χ3v) is 3.95. The lowest BCUT2D eigenvalue weighted by Crippen LogP contribution is -2.53. The van der Waals surface area contributed by atoms with E-state index < -0.39 is 0 Å². The van der Waals surface area contributed by atoms with Gasteiger partial charge in [-0.25, -0.2) is 0 Å². The first-order valence-electron chi connectivity index (χ1n) is 8.05. The Balaban J connectivity index is 1.60. The fourth-order valence-corrected chi connectivity index (χ4v) is 2.54. The molecule has 1 saturated carbocycles. The van der Waals surface area contributed by atoms with E-state index in [-0.39, 0.29) is 17.9 Å². The Morgan fingerprint density at radius 2 is 1.81 bits per heavy atom. The van der Waals surface area contributed by atoms with Gasteiger partial charge in [0.1, 0.15) is 0 Å². The van der Waals surface area contributed by atoms with Gasteiger partial charge in [0.15, 0.2) is 0 Å². The first-order chi connectivity index (χ1) is 10.0. The van der Waals surface area contributed by atoms with Crippen LogP contribution in [0.1, 0.15) is 26.7 Å².